The Morgan fingerprint density at radius 1 is 1.17 bits per heavy atom. The molecule has 0 bridgehead atoms. The van der Waals surface area contributed by atoms with Gasteiger partial charge in [0.1, 0.15) is 24.5 Å². The highest BCUT2D eigenvalue weighted by atomic mass is 127. The first kappa shape index (κ1) is 24.1. The number of ether oxygens (including phenoxy) is 1. The monoisotopic (exact) mass is 540 g/mol. The van der Waals surface area contributed by atoms with Crippen molar-refractivity contribution in [2.24, 2.45) is 4.99 Å². The summed E-state index contributed by atoms with van der Waals surface area (Å²) in [6.07, 6.45) is 2.64. The summed E-state index contributed by atoms with van der Waals surface area (Å²) in [4.78, 5) is 5.92. The number of nitrogens with zero attached hydrogens (tertiary/aromatic N) is 4. The zero-order chi connectivity index (χ0) is 20.3. The number of guanidine groups is 1. The minimum absolute atomic E-state index is 0. The Morgan fingerprint density at radius 2 is 1.97 bits per heavy atom. The van der Waals surface area contributed by atoms with E-state index in [2.05, 4.69) is 50.7 Å². The van der Waals surface area contributed by atoms with Crippen molar-refractivity contribution >= 4 is 41.3 Å². The lowest BCUT2D eigenvalue weighted by molar-refractivity contribution is 0.322. The molecule has 0 radical (unpaired) electrons. The molecule has 1 aromatic carbocycles. The number of benzene rings is 1. The molecule has 0 aliphatic rings. The molecule has 0 spiro atoms. The van der Waals surface area contributed by atoms with Gasteiger partial charge in [0.2, 0.25) is 0 Å². The van der Waals surface area contributed by atoms with E-state index in [4.69, 9.17) is 9.73 Å². The number of hydrogen-bond acceptors (Lipinski definition) is 5. The minimum atomic E-state index is 0. The second-order valence-corrected chi connectivity index (χ2v) is 7.59. The van der Waals surface area contributed by atoms with Crippen LogP contribution in [0.15, 0.2) is 53.1 Å². The van der Waals surface area contributed by atoms with Crippen LogP contribution in [0.4, 0.5) is 0 Å². The number of aromatic nitrogens is 3. The van der Waals surface area contributed by atoms with Gasteiger partial charge >= 0.3 is 0 Å². The molecular formula is C21H29IN6OS. The Kier molecular flexibility index (Phi) is 10.6. The molecule has 9 heteroatoms. The molecule has 0 saturated heterocycles. The van der Waals surface area contributed by atoms with Crippen molar-refractivity contribution in [2.45, 2.75) is 33.4 Å². The number of hydrogen-bond donors (Lipinski definition) is 2. The van der Waals surface area contributed by atoms with Gasteiger partial charge in [0.05, 0.1) is 13.1 Å². The van der Waals surface area contributed by atoms with Crippen molar-refractivity contribution in [2.75, 3.05) is 19.7 Å². The van der Waals surface area contributed by atoms with E-state index in [1.165, 1.54) is 10.4 Å². The molecule has 0 fully saturated rings. The van der Waals surface area contributed by atoms with Gasteiger partial charge in [-0.3, -0.25) is 0 Å². The van der Waals surface area contributed by atoms with E-state index in [9.17, 15) is 0 Å². The van der Waals surface area contributed by atoms with Crippen molar-refractivity contribution in [3.05, 3.63) is 64.4 Å². The first-order valence-electron chi connectivity index (χ1n) is 9.85. The number of halogens is 1. The highest BCUT2D eigenvalue weighted by Crippen LogP contribution is 2.11. The molecule has 0 aliphatic heterocycles. The lowest BCUT2D eigenvalue weighted by Crippen LogP contribution is -2.40. The molecule has 0 unspecified atom stereocenters. The Balaban J connectivity index is 0.00000320. The summed E-state index contributed by atoms with van der Waals surface area (Å²) < 4.78 is 7.85. The maximum absolute atomic E-state index is 5.79. The van der Waals surface area contributed by atoms with Crippen LogP contribution in [-0.2, 0) is 19.5 Å². The van der Waals surface area contributed by atoms with Crippen molar-refractivity contribution < 1.29 is 4.74 Å². The Bertz CT molecular complexity index is 879. The quantitative estimate of drug-likeness (QED) is 0.178. The fourth-order valence-electron chi connectivity index (χ4n) is 2.74. The van der Waals surface area contributed by atoms with Gasteiger partial charge in [-0.1, -0.05) is 30.7 Å². The lowest BCUT2D eigenvalue weighted by Gasteiger charge is -2.14. The summed E-state index contributed by atoms with van der Waals surface area (Å²) in [5, 5.41) is 16.9. The molecular weight excluding hydrogens is 511 g/mol. The van der Waals surface area contributed by atoms with E-state index in [1.54, 1.807) is 17.7 Å². The van der Waals surface area contributed by atoms with Crippen molar-refractivity contribution in [3.63, 3.8) is 0 Å². The largest absolute Gasteiger partial charge is 0.492 e. The first-order chi connectivity index (χ1) is 14.2. The van der Waals surface area contributed by atoms with Gasteiger partial charge < -0.3 is 19.9 Å². The third kappa shape index (κ3) is 7.94. The topological polar surface area (TPSA) is 76.4 Å². The highest BCUT2D eigenvalue weighted by Gasteiger charge is 2.03. The Labute approximate surface area is 199 Å². The van der Waals surface area contributed by atoms with Crippen molar-refractivity contribution in [1.82, 2.24) is 25.4 Å². The number of aryl methyl sites for hydroxylation is 2. The summed E-state index contributed by atoms with van der Waals surface area (Å²) in [5.41, 5.74) is 1.22. The highest BCUT2D eigenvalue weighted by molar-refractivity contribution is 14.0. The van der Waals surface area contributed by atoms with Crippen LogP contribution >= 0.6 is 35.3 Å². The Hall–Kier alpha value is -2.14. The van der Waals surface area contributed by atoms with Crippen LogP contribution in [0.3, 0.4) is 0 Å². The molecule has 162 valence electrons. The summed E-state index contributed by atoms with van der Waals surface area (Å²) in [6.45, 7) is 7.55. The summed E-state index contributed by atoms with van der Waals surface area (Å²) in [5.74, 6) is 2.64. The lowest BCUT2D eigenvalue weighted by atomic mass is 10.2. The molecule has 2 aromatic heterocycles. The average Bonchev–Trinajstić information content (AvgIpc) is 3.41. The fourth-order valence-corrected chi connectivity index (χ4v) is 3.37. The SMILES string of the molecule is CCc1nncn1CCNC(=NCc1cccs1)NCCOc1ccc(C)cc1.I. The molecule has 0 aliphatic carbocycles. The van der Waals surface area contributed by atoms with Crippen molar-refractivity contribution in [3.8, 4) is 5.75 Å². The molecule has 2 heterocycles. The summed E-state index contributed by atoms with van der Waals surface area (Å²) >= 11 is 1.71. The van der Waals surface area contributed by atoms with Crippen LogP contribution < -0.4 is 15.4 Å². The fraction of sp³-hybridized carbons (Fsp3) is 0.381. The van der Waals surface area contributed by atoms with Crippen molar-refractivity contribution in [1.29, 1.82) is 0 Å². The van der Waals surface area contributed by atoms with Crippen LogP contribution in [0.5, 0.6) is 5.75 Å². The molecule has 0 saturated carbocycles. The van der Waals surface area contributed by atoms with Gasteiger partial charge in [-0.2, -0.15) is 0 Å². The van der Waals surface area contributed by atoms with Crippen LogP contribution in [0.1, 0.15) is 23.2 Å². The normalized spacial score (nSPS) is 11.1. The van der Waals surface area contributed by atoms with E-state index >= 15 is 0 Å². The molecule has 7 nitrogen and oxygen atoms in total. The molecule has 0 atom stereocenters. The van der Waals surface area contributed by atoms with E-state index in [-0.39, 0.29) is 24.0 Å². The van der Waals surface area contributed by atoms with E-state index < -0.39 is 0 Å². The summed E-state index contributed by atoms with van der Waals surface area (Å²) in [7, 11) is 0. The van der Waals surface area contributed by atoms with Gasteiger partial charge in [-0.05, 0) is 30.5 Å². The van der Waals surface area contributed by atoms with Gasteiger partial charge in [0, 0.05) is 24.4 Å². The molecule has 3 rings (SSSR count). The zero-order valence-corrected chi connectivity index (χ0v) is 20.5. The number of aliphatic imine (C=N–C) groups is 1. The van der Waals surface area contributed by atoms with Gasteiger partial charge in [0.25, 0.3) is 0 Å². The standard InChI is InChI=1S/C21H28N6OS.HI/c1-3-20-26-25-16-27(20)12-10-22-21(24-15-19-5-4-14-29-19)23-11-13-28-18-8-6-17(2)7-9-18;/h4-9,14,16H,3,10-13,15H2,1-2H3,(H2,22,23,24);1H. The summed E-state index contributed by atoms with van der Waals surface area (Å²) in [6, 6.07) is 12.2. The average molecular weight is 540 g/mol. The molecule has 3 aromatic rings. The van der Waals surface area contributed by atoms with Crippen LogP contribution in [0.25, 0.3) is 0 Å². The third-order valence-corrected chi connectivity index (χ3v) is 5.18. The van der Waals surface area contributed by atoms with Crippen LogP contribution in [-0.4, -0.2) is 40.4 Å². The molecule has 0 amide bonds. The van der Waals surface area contributed by atoms with Crippen LogP contribution in [0, 0.1) is 6.92 Å². The first-order valence-corrected chi connectivity index (χ1v) is 10.7. The van der Waals surface area contributed by atoms with E-state index in [1.807, 2.05) is 30.3 Å². The number of thiophene rings is 1. The Morgan fingerprint density at radius 3 is 2.70 bits per heavy atom. The van der Waals surface area contributed by atoms with Crippen LogP contribution in [0.2, 0.25) is 0 Å². The van der Waals surface area contributed by atoms with E-state index in [0.717, 1.165) is 37.0 Å². The predicted molar refractivity (Wildman–Crippen MR) is 133 cm³/mol. The molecule has 2 N–H and O–H groups in total. The van der Waals surface area contributed by atoms with Gasteiger partial charge in [0.15, 0.2) is 5.96 Å². The molecule has 30 heavy (non-hydrogen) atoms. The van der Waals surface area contributed by atoms with Gasteiger partial charge in [-0.15, -0.1) is 45.5 Å². The van der Waals surface area contributed by atoms with E-state index in [0.29, 0.717) is 19.7 Å². The second-order valence-electron chi connectivity index (χ2n) is 6.55. The minimum Gasteiger partial charge on any atom is -0.492 e. The maximum atomic E-state index is 5.79. The third-order valence-electron chi connectivity index (χ3n) is 4.31. The second kappa shape index (κ2) is 13.2. The number of nitrogens with one attached hydrogen (secondary N) is 2. The predicted octanol–water partition coefficient (Wildman–Crippen LogP) is 3.64. The number of rotatable bonds is 10. The zero-order valence-electron chi connectivity index (χ0n) is 17.4. The smallest absolute Gasteiger partial charge is 0.191 e. The maximum Gasteiger partial charge on any atom is 0.191 e. The van der Waals surface area contributed by atoms with Gasteiger partial charge in [-0.25, -0.2) is 4.99 Å².